The van der Waals surface area contributed by atoms with Gasteiger partial charge in [0.05, 0.1) is 6.54 Å². The van der Waals surface area contributed by atoms with Crippen LogP contribution in [-0.2, 0) is 11.3 Å². The average Bonchev–Trinajstić information content (AvgIpc) is 2.83. The highest BCUT2D eigenvalue weighted by atomic mass is 16.2. The number of hydrogen-bond donors (Lipinski definition) is 2. The monoisotopic (exact) mass is 287 g/mol. The van der Waals surface area contributed by atoms with Crippen molar-refractivity contribution in [2.24, 2.45) is 5.92 Å². The van der Waals surface area contributed by atoms with E-state index in [1.165, 1.54) is 5.01 Å². The van der Waals surface area contributed by atoms with E-state index in [9.17, 15) is 9.59 Å². The van der Waals surface area contributed by atoms with Crippen LogP contribution in [0.4, 0.5) is 0 Å². The minimum Gasteiger partial charge on any atom is -0.317 e. The van der Waals surface area contributed by atoms with Gasteiger partial charge in [0.1, 0.15) is 0 Å². The van der Waals surface area contributed by atoms with Crippen molar-refractivity contribution in [3.8, 4) is 0 Å². The number of rotatable bonds is 4. The number of carbonyl (C=O) groups excluding carboxylic acids is 2. The van der Waals surface area contributed by atoms with Crippen molar-refractivity contribution in [1.29, 1.82) is 0 Å². The number of amides is 2. The van der Waals surface area contributed by atoms with Crippen LogP contribution in [0.25, 0.3) is 0 Å². The molecule has 3 rings (SSSR count). The molecule has 2 aliphatic heterocycles. The van der Waals surface area contributed by atoms with Crippen LogP contribution in [0.15, 0.2) is 24.3 Å². The zero-order valence-corrected chi connectivity index (χ0v) is 12.1. The predicted molar refractivity (Wildman–Crippen MR) is 79.3 cm³/mol. The summed E-state index contributed by atoms with van der Waals surface area (Å²) in [4.78, 5) is 24.2. The molecule has 0 aromatic heterocycles. The van der Waals surface area contributed by atoms with Crippen LogP contribution in [0.2, 0.25) is 0 Å². The Balaban J connectivity index is 1.49. The smallest absolute Gasteiger partial charge is 0.272 e. The summed E-state index contributed by atoms with van der Waals surface area (Å²) in [6.07, 6.45) is 3.68. The quantitative estimate of drug-likeness (QED) is 0.881. The summed E-state index contributed by atoms with van der Waals surface area (Å²) in [6, 6.07) is 7.49. The summed E-state index contributed by atoms with van der Waals surface area (Å²) in [5, 5.41) is 4.75. The van der Waals surface area contributed by atoms with Gasteiger partial charge in [-0.25, -0.2) is 5.01 Å². The molecule has 5 nitrogen and oxygen atoms in total. The molecule has 0 radical (unpaired) electrons. The summed E-state index contributed by atoms with van der Waals surface area (Å²) < 4.78 is 0. The van der Waals surface area contributed by atoms with Gasteiger partial charge in [0, 0.05) is 12.0 Å². The highest BCUT2D eigenvalue weighted by molar-refractivity contribution is 5.99. The Hall–Kier alpha value is -1.88. The van der Waals surface area contributed by atoms with Gasteiger partial charge in [0.15, 0.2) is 0 Å². The van der Waals surface area contributed by atoms with Crippen LogP contribution >= 0.6 is 0 Å². The first-order chi connectivity index (χ1) is 10.2. The van der Waals surface area contributed by atoms with Crippen LogP contribution in [0.5, 0.6) is 0 Å². The first kappa shape index (κ1) is 14.1. The summed E-state index contributed by atoms with van der Waals surface area (Å²) in [7, 11) is 0. The number of benzene rings is 1. The molecule has 1 saturated heterocycles. The van der Waals surface area contributed by atoms with E-state index in [1.54, 1.807) is 6.07 Å². The van der Waals surface area contributed by atoms with Crippen molar-refractivity contribution in [3.63, 3.8) is 0 Å². The molecule has 112 valence electrons. The van der Waals surface area contributed by atoms with Gasteiger partial charge in [0.2, 0.25) is 5.91 Å². The maximum atomic E-state index is 12.1. The summed E-state index contributed by atoms with van der Waals surface area (Å²) >= 11 is 0. The molecule has 1 aromatic rings. The molecule has 2 aliphatic rings. The highest BCUT2D eigenvalue weighted by Crippen LogP contribution is 2.21. The Morgan fingerprint density at radius 3 is 2.81 bits per heavy atom. The number of hydrazine groups is 1. The second-order valence-corrected chi connectivity index (χ2v) is 5.82. The van der Waals surface area contributed by atoms with E-state index < -0.39 is 0 Å². The molecule has 2 N–H and O–H groups in total. The number of piperidine rings is 1. The number of nitrogens with zero attached hydrogens (tertiary/aromatic N) is 1. The normalized spacial score (nSPS) is 18.7. The van der Waals surface area contributed by atoms with Gasteiger partial charge in [-0.2, -0.15) is 0 Å². The van der Waals surface area contributed by atoms with Crippen molar-refractivity contribution in [1.82, 2.24) is 15.8 Å². The minimum absolute atomic E-state index is 0.0605. The van der Waals surface area contributed by atoms with Gasteiger partial charge in [-0.05, 0) is 49.9 Å². The molecule has 0 spiro atoms. The van der Waals surface area contributed by atoms with Crippen molar-refractivity contribution in [2.45, 2.75) is 32.2 Å². The number of fused-ring (bicyclic) bond motifs is 1. The van der Waals surface area contributed by atoms with Gasteiger partial charge in [-0.1, -0.05) is 18.2 Å². The predicted octanol–water partition coefficient (Wildman–Crippen LogP) is 1.45. The topological polar surface area (TPSA) is 61.4 Å². The van der Waals surface area contributed by atoms with Crippen molar-refractivity contribution in [3.05, 3.63) is 35.4 Å². The lowest BCUT2D eigenvalue weighted by Crippen LogP contribution is -2.42. The second-order valence-electron chi connectivity index (χ2n) is 5.82. The van der Waals surface area contributed by atoms with E-state index in [0.717, 1.165) is 37.9 Å². The fourth-order valence-corrected chi connectivity index (χ4v) is 3.06. The van der Waals surface area contributed by atoms with Crippen LogP contribution in [-0.4, -0.2) is 29.9 Å². The molecular formula is C16H21N3O2. The van der Waals surface area contributed by atoms with E-state index in [0.29, 0.717) is 24.4 Å². The van der Waals surface area contributed by atoms with Gasteiger partial charge >= 0.3 is 0 Å². The molecule has 0 atom stereocenters. The second kappa shape index (κ2) is 6.26. The van der Waals surface area contributed by atoms with Gasteiger partial charge in [0.25, 0.3) is 5.91 Å². The maximum absolute atomic E-state index is 12.1. The Morgan fingerprint density at radius 1 is 1.29 bits per heavy atom. The third kappa shape index (κ3) is 3.24. The molecule has 2 heterocycles. The summed E-state index contributed by atoms with van der Waals surface area (Å²) in [5.74, 6) is 0.457. The minimum atomic E-state index is -0.110. The molecule has 0 saturated carbocycles. The van der Waals surface area contributed by atoms with Crippen molar-refractivity contribution < 1.29 is 9.59 Å². The highest BCUT2D eigenvalue weighted by Gasteiger charge is 2.28. The molecule has 0 unspecified atom stereocenters. The Labute approximate surface area is 124 Å². The van der Waals surface area contributed by atoms with E-state index >= 15 is 0 Å². The van der Waals surface area contributed by atoms with E-state index in [1.807, 2.05) is 18.2 Å². The van der Waals surface area contributed by atoms with Gasteiger partial charge < -0.3 is 5.32 Å². The molecule has 0 aliphatic carbocycles. The van der Waals surface area contributed by atoms with Gasteiger partial charge in [-0.3, -0.25) is 15.0 Å². The number of nitrogens with one attached hydrogen (secondary N) is 2. The molecule has 0 bridgehead atoms. The average molecular weight is 287 g/mol. The number of hydrogen-bond acceptors (Lipinski definition) is 3. The fourth-order valence-electron chi connectivity index (χ4n) is 3.06. The zero-order valence-electron chi connectivity index (χ0n) is 12.1. The fraction of sp³-hybridized carbons (Fsp3) is 0.500. The first-order valence-corrected chi connectivity index (χ1v) is 7.64. The van der Waals surface area contributed by atoms with Crippen LogP contribution in [0, 0.1) is 5.92 Å². The maximum Gasteiger partial charge on any atom is 0.272 e. The lowest BCUT2D eigenvalue weighted by atomic mass is 9.93. The largest absolute Gasteiger partial charge is 0.317 e. The molecule has 2 amide bonds. The lowest BCUT2D eigenvalue weighted by molar-refractivity contribution is -0.125. The van der Waals surface area contributed by atoms with E-state index in [2.05, 4.69) is 10.7 Å². The molecule has 1 aromatic carbocycles. The Kier molecular flexibility index (Phi) is 4.20. The van der Waals surface area contributed by atoms with E-state index in [4.69, 9.17) is 0 Å². The van der Waals surface area contributed by atoms with Crippen molar-refractivity contribution in [2.75, 3.05) is 13.1 Å². The van der Waals surface area contributed by atoms with Crippen LogP contribution in [0.3, 0.4) is 0 Å². The summed E-state index contributed by atoms with van der Waals surface area (Å²) in [5.41, 5.74) is 4.41. The Bertz CT molecular complexity index is 538. The first-order valence-electron chi connectivity index (χ1n) is 7.64. The third-order valence-corrected chi connectivity index (χ3v) is 4.32. The van der Waals surface area contributed by atoms with Gasteiger partial charge in [-0.15, -0.1) is 0 Å². The Morgan fingerprint density at radius 2 is 2.05 bits per heavy atom. The third-order valence-electron chi connectivity index (χ3n) is 4.32. The molecular weight excluding hydrogens is 266 g/mol. The van der Waals surface area contributed by atoms with Crippen LogP contribution in [0.1, 0.15) is 41.6 Å². The summed E-state index contributed by atoms with van der Waals surface area (Å²) in [6.45, 7) is 2.56. The van der Waals surface area contributed by atoms with E-state index in [-0.39, 0.29) is 11.8 Å². The standard InChI is InChI=1S/C16H21N3O2/c20-15(6-5-12-7-9-17-10-8-12)18-19-11-13-3-1-2-4-14(13)16(19)21/h1-4,12,17H,5-11H2,(H,18,20). The molecule has 1 fully saturated rings. The van der Waals surface area contributed by atoms with Crippen molar-refractivity contribution >= 4 is 11.8 Å². The lowest BCUT2D eigenvalue weighted by Gasteiger charge is -2.23. The molecule has 5 heteroatoms. The SMILES string of the molecule is O=C(CCC1CCNCC1)NN1Cc2ccccc2C1=O. The molecule has 21 heavy (non-hydrogen) atoms. The zero-order chi connectivity index (χ0) is 14.7. The van der Waals surface area contributed by atoms with Crippen LogP contribution < -0.4 is 10.7 Å². The number of carbonyl (C=O) groups is 2.